The number of benzene rings is 2. The molecule has 2 amide bonds. The third kappa shape index (κ3) is 4.44. The molecule has 4 aromatic rings. The zero-order chi connectivity index (χ0) is 25.4. The first kappa shape index (κ1) is 23.9. The topological polar surface area (TPSA) is 105 Å². The molecule has 3 heterocycles. The average Bonchev–Trinajstić information content (AvgIpc) is 3.53. The Balaban J connectivity index is 1.27. The summed E-state index contributed by atoms with van der Waals surface area (Å²) >= 11 is 1.17. The number of rotatable bonds is 6. The number of hydrogen-bond donors (Lipinski definition) is 1. The molecule has 1 aliphatic heterocycles. The molecule has 186 valence electrons. The molecule has 2 aromatic heterocycles. The fourth-order valence-corrected chi connectivity index (χ4v) is 6.06. The summed E-state index contributed by atoms with van der Waals surface area (Å²) < 4.78 is 43.5. The summed E-state index contributed by atoms with van der Waals surface area (Å²) in [5.74, 6) is -0.981. The lowest BCUT2D eigenvalue weighted by Crippen LogP contribution is -2.53. The number of hydrogen-bond acceptors (Lipinski definition) is 6. The molecule has 1 saturated heterocycles. The van der Waals surface area contributed by atoms with E-state index in [2.05, 4.69) is 9.71 Å². The van der Waals surface area contributed by atoms with Gasteiger partial charge in [-0.3, -0.25) is 14.3 Å². The van der Waals surface area contributed by atoms with Crippen LogP contribution >= 0.6 is 11.3 Å². The van der Waals surface area contributed by atoms with Gasteiger partial charge >= 0.3 is 0 Å². The molecule has 1 fully saturated rings. The molecule has 2 aromatic carbocycles. The summed E-state index contributed by atoms with van der Waals surface area (Å²) in [5, 5.41) is 2.62. The molecule has 1 aliphatic rings. The van der Waals surface area contributed by atoms with E-state index in [-0.39, 0.29) is 34.9 Å². The van der Waals surface area contributed by atoms with Gasteiger partial charge in [0.15, 0.2) is 5.13 Å². The van der Waals surface area contributed by atoms with Crippen molar-refractivity contribution in [2.24, 2.45) is 0 Å². The van der Waals surface area contributed by atoms with Crippen LogP contribution in [-0.4, -0.2) is 54.3 Å². The summed E-state index contributed by atoms with van der Waals surface area (Å²) in [6.07, 6.45) is 3.18. The van der Waals surface area contributed by atoms with Crippen LogP contribution in [-0.2, 0) is 19.6 Å². The van der Waals surface area contributed by atoms with E-state index in [1.165, 1.54) is 45.5 Å². The first-order valence-electron chi connectivity index (χ1n) is 11.1. The Morgan fingerprint density at radius 1 is 1.14 bits per heavy atom. The normalized spacial score (nSPS) is 15.3. The van der Waals surface area contributed by atoms with Gasteiger partial charge in [0.25, 0.3) is 10.0 Å². The predicted molar refractivity (Wildman–Crippen MR) is 135 cm³/mol. The number of anilines is 2. The van der Waals surface area contributed by atoms with Crippen molar-refractivity contribution in [3.63, 3.8) is 0 Å². The van der Waals surface area contributed by atoms with Crippen molar-refractivity contribution in [1.29, 1.82) is 0 Å². The molecular formula is C24H22FN5O4S2. The number of fused-ring (bicyclic) bond motifs is 1. The highest BCUT2D eigenvalue weighted by molar-refractivity contribution is 7.93. The molecule has 5 rings (SSSR count). The van der Waals surface area contributed by atoms with Gasteiger partial charge in [-0.25, -0.2) is 17.8 Å². The van der Waals surface area contributed by atoms with Gasteiger partial charge in [0.2, 0.25) is 11.8 Å². The fourth-order valence-electron chi connectivity index (χ4n) is 4.27. The summed E-state index contributed by atoms with van der Waals surface area (Å²) in [6.45, 7) is 2.10. The molecule has 12 heteroatoms. The van der Waals surface area contributed by atoms with Crippen LogP contribution in [0.5, 0.6) is 0 Å². The SMILES string of the molecule is CC(C(=O)N1CCN(c2ccc(S(=O)(=O)Nc3nccs3)cc2)C(=O)C1)n1ccc2cccc(F)c21. The molecule has 1 atom stereocenters. The number of aromatic nitrogens is 2. The molecule has 36 heavy (non-hydrogen) atoms. The van der Waals surface area contributed by atoms with Crippen LogP contribution in [0.15, 0.2) is 71.2 Å². The number of nitrogens with one attached hydrogen (secondary N) is 1. The Kier molecular flexibility index (Phi) is 6.22. The minimum absolute atomic E-state index is 0.0442. The summed E-state index contributed by atoms with van der Waals surface area (Å²) in [6, 6.07) is 11.8. The monoisotopic (exact) mass is 527 g/mol. The highest BCUT2D eigenvalue weighted by Gasteiger charge is 2.31. The van der Waals surface area contributed by atoms with Gasteiger partial charge in [-0.2, -0.15) is 0 Å². The maximum absolute atomic E-state index is 14.4. The number of para-hydroxylation sites is 1. The first-order valence-corrected chi connectivity index (χ1v) is 13.5. The lowest BCUT2D eigenvalue weighted by Gasteiger charge is -2.35. The molecule has 0 radical (unpaired) electrons. The Hall–Kier alpha value is -3.77. The standard InChI is InChI=1S/C24H22FN5O4S2/c1-16(29-11-9-17-3-2-4-20(25)22(17)29)23(32)28-12-13-30(21(31)15-28)18-5-7-19(8-6-18)36(33,34)27-24-26-10-14-35-24/h2-11,14,16H,12-13,15H2,1H3,(H,26,27). The van der Waals surface area contributed by atoms with Crippen LogP contribution in [0.2, 0.25) is 0 Å². The second-order valence-electron chi connectivity index (χ2n) is 8.32. The Morgan fingerprint density at radius 3 is 2.61 bits per heavy atom. The summed E-state index contributed by atoms with van der Waals surface area (Å²) in [5.41, 5.74) is 0.884. The Bertz CT molecular complexity index is 1530. The van der Waals surface area contributed by atoms with Gasteiger partial charge in [-0.15, -0.1) is 11.3 Å². The van der Waals surface area contributed by atoms with Crippen molar-refractivity contribution in [2.75, 3.05) is 29.3 Å². The maximum atomic E-state index is 14.4. The number of amides is 2. The minimum atomic E-state index is -3.80. The third-order valence-electron chi connectivity index (χ3n) is 6.11. The number of carbonyl (C=O) groups is 2. The van der Waals surface area contributed by atoms with Gasteiger partial charge in [0.1, 0.15) is 18.4 Å². The van der Waals surface area contributed by atoms with Crippen LogP contribution in [0.4, 0.5) is 15.2 Å². The van der Waals surface area contributed by atoms with Crippen LogP contribution in [0.25, 0.3) is 10.9 Å². The van der Waals surface area contributed by atoms with E-state index in [0.29, 0.717) is 23.1 Å². The number of piperazine rings is 1. The van der Waals surface area contributed by atoms with E-state index >= 15 is 0 Å². The van der Waals surface area contributed by atoms with Crippen LogP contribution < -0.4 is 9.62 Å². The number of sulfonamides is 1. The van der Waals surface area contributed by atoms with Crippen molar-refractivity contribution in [3.8, 4) is 0 Å². The van der Waals surface area contributed by atoms with Gasteiger partial charge in [-0.1, -0.05) is 12.1 Å². The number of halogens is 1. The lowest BCUT2D eigenvalue weighted by atomic mass is 10.2. The van der Waals surface area contributed by atoms with E-state index in [9.17, 15) is 22.4 Å². The summed E-state index contributed by atoms with van der Waals surface area (Å²) in [4.78, 5) is 33.0. The van der Waals surface area contributed by atoms with Crippen molar-refractivity contribution in [2.45, 2.75) is 17.9 Å². The van der Waals surface area contributed by atoms with Crippen LogP contribution in [0.1, 0.15) is 13.0 Å². The molecule has 0 bridgehead atoms. The lowest BCUT2D eigenvalue weighted by molar-refractivity contribution is -0.139. The smallest absolute Gasteiger partial charge is 0.263 e. The maximum Gasteiger partial charge on any atom is 0.263 e. The van der Waals surface area contributed by atoms with Crippen molar-refractivity contribution < 1.29 is 22.4 Å². The molecular weight excluding hydrogens is 505 g/mol. The highest BCUT2D eigenvalue weighted by atomic mass is 32.2. The number of thiazole rings is 1. The Labute approximate surface area is 210 Å². The molecule has 0 aliphatic carbocycles. The second-order valence-corrected chi connectivity index (χ2v) is 10.9. The van der Waals surface area contributed by atoms with Crippen molar-refractivity contribution in [1.82, 2.24) is 14.5 Å². The van der Waals surface area contributed by atoms with E-state index in [1.54, 1.807) is 53.4 Å². The predicted octanol–water partition coefficient (Wildman–Crippen LogP) is 3.47. The molecule has 1 N–H and O–H groups in total. The zero-order valence-electron chi connectivity index (χ0n) is 19.2. The number of nitrogens with zero attached hydrogens (tertiary/aromatic N) is 4. The van der Waals surface area contributed by atoms with Crippen LogP contribution in [0, 0.1) is 5.82 Å². The van der Waals surface area contributed by atoms with Gasteiger partial charge in [-0.05, 0) is 43.3 Å². The van der Waals surface area contributed by atoms with Gasteiger partial charge in [0, 0.05) is 41.9 Å². The molecule has 9 nitrogen and oxygen atoms in total. The van der Waals surface area contributed by atoms with Crippen molar-refractivity contribution in [3.05, 3.63) is 72.1 Å². The summed E-state index contributed by atoms with van der Waals surface area (Å²) in [7, 11) is -3.80. The zero-order valence-corrected chi connectivity index (χ0v) is 20.8. The first-order chi connectivity index (χ1) is 17.2. The number of carbonyl (C=O) groups excluding carboxylic acids is 2. The van der Waals surface area contributed by atoms with E-state index in [1.807, 2.05) is 0 Å². The fraction of sp³-hybridized carbons (Fsp3) is 0.208. The van der Waals surface area contributed by atoms with Gasteiger partial charge < -0.3 is 14.4 Å². The van der Waals surface area contributed by atoms with E-state index in [0.717, 1.165) is 0 Å². The molecule has 0 spiro atoms. The van der Waals surface area contributed by atoms with E-state index < -0.39 is 21.9 Å². The Morgan fingerprint density at radius 2 is 1.92 bits per heavy atom. The largest absolute Gasteiger partial charge is 0.333 e. The minimum Gasteiger partial charge on any atom is -0.333 e. The molecule has 0 saturated carbocycles. The van der Waals surface area contributed by atoms with E-state index in [4.69, 9.17) is 0 Å². The van der Waals surface area contributed by atoms with Crippen molar-refractivity contribution >= 4 is 54.9 Å². The van der Waals surface area contributed by atoms with Crippen LogP contribution in [0.3, 0.4) is 0 Å². The third-order valence-corrected chi connectivity index (χ3v) is 8.28. The van der Waals surface area contributed by atoms with Gasteiger partial charge in [0.05, 0.1) is 10.4 Å². The highest BCUT2D eigenvalue weighted by Crippen LogP contribution is 2.26. The molecule has 1 unspecified atom stereocenters. The quantitative estimate of drug-likeness (QED) is 0.414. The average molecular weight is 528 g/mol. The second kappa shape index (κ2) is 9.36.